The predicted octanol–water partition coefficient (Wildman–Crippen LogP) is 3.02. The number of nitrogens with zero attached hydrogens (tertiary/aromatic N) is 1. The average molecular weight is 358 g/mol. The number of benzene rings is 2. The van der Waals surface area contributed by atoms with E-state index in [9.17, 15) is 19.7 Å². The fraction of sp³-hybridized carbons (Fsp3) is 0.222. The minimum absolute atomic E-state index is 0.0209. The van der Waals surface area contributed by atoms with Gasteiger partial charge in [0, 0.05) is 17.8 Å². The number of amides is 1. The first kappa shape index (κ1) is 18.9. The van der Waals surface area contributed by atoms with Crippen LogP contribution >= 0.6 is 0 Å². The molecule has 0 saturated carbocycles. The Labute approximate surface area is 149 Å². The summed E-state index contributed by atoms with van der Waals surface area (Å²) in [6, 6.07) is 9.41. The third-order valence-electron chi connectivity index (χ3n) is 3.62. The van der Waals surface area contributed by atoms with Crippen LogP contribution in [-0.2, 0) is 9.53 Å². The molecule has 0 atom stereocenters. The molecule has 26 heavy (non-hydrogen) atoms. The lowest BCUT2D eigenvalue weighted by molar-refractivity contribution is -0.385. The number of carbonyl (C=O) groups is 2. The molecule has 1 N–H and O–H groups in total. The fourth-order valence-electron chi connectivity index (χ4n) is 2.20. The molecule has 0 spiro atoms. The van der Waals surface area contributed by atoms with Crippen molar-refractivity contribution < 1.29 is 24.0 Å². The molecule has 8 heteroatoms. The summed E-state index contributed by atoms with van der Waals surface area (Å²) in [7, 11) is 1.30. The number of rotatable bonds is 6. The molecule has 0 fully saturated rings. The molecule has 2 aromatic carbocycles. The van der Waals surface area contributed by atoms with E-state index in [1.165, 1.54) is 19.2 Å². The number of esters is 1. The lowest BCUT2D eigenvalue weighted by Gasteiger charge is -2.11. The van der Waals surface area contributed by atoms with Crippen LogP contribution in [0.2, 0.25) is 0 Å². The number of hydrogen-bond acceptors (Lipinski definition) is 6. The maximum Gasteiger partial charge on any atom is 0.338 e. The topological polar surface area (TPSA) is 108 Å². The van der Waals surface area contributed by atoms with E-state index in [4.69, 9.17) is 9.47 Å². The Morgan fingerprint density at radius 1 is 1.15 bits per heavy atom. The molecule has 0 aliphatic rings. The normalized spacial score (nSPS) is 10.1. The second-order valence-electron chi connectivity index (χ2n) is 5.59. The van der Waals surface area contributed by atoms with Crippen LogP contribution in [0.4, 0.5) is 11.4 Å². The van der Waals surface area contributed by atoms with Gasteiger partial charge in [-0.2, -0.15) is 0 Å². The van der Waals surface area contributed by atoms with Crippen molar-refractivity contribution >= 4 is 23.3 Å². The van der Waals surface area contributed by atoms with Gasteiger partial charge in [0.2, 0.25) is 0 Å². The van der Waals surface area contributed by atoms with Gasteiger partial charge in [-0.05, 0) is 31.5 Å². The molecule has 8 nitrogen and oxygen atoms in total. The van der Waals surface area contributed by atoms with Crippen LogP contribution in [0, 0.1) is 24.0 Å². The maximum atomic E-state index is 12.0. The highest BCUT2D eigenvalue weighted by molar-refractivity contribution is 5.96. The number of carbonyl (C=O) groups excluding carboxylic acids is 2. The van der Waals surface area contributed by atoms with Crippen molar-refractivity contribution in [1.29, 1.82) is 0 Å². The minimum atomic E-state index is -0.613. The number of aryl methyl sites for hydroxylation is 2. The van der Waals surface area contributed by atoms with Gasteiger partial charge in [-0.25, -0.2) is 4.79 Å². The summed E-state index contributed by atoms with van der Waals surface area (Å²) in [6.07, 6.45) is 0. The zero-order valence-electron chi connectivity index (χ0n) is 14.6. The summed E-state index contributed by atoms with van der Waals surface area (Å²) in [5.74, 6) is -1.16. The Morgan fingerprint density at radius 3 is 2.38 bits per heavy atom. The van der Waals surface area contributed by atoms with Crippen LogP contribution in [0.3, 0.4) is 0 Å². The van der Waals surface area contributed by atoms with Gasteiger partial charge in [-0.3, -0.25) is 14.9 Å². The summed E-state index contributed by atoms with van der Waals surface area (Å²) in [5, 5.41) is 13.5. The van der Waals surface area contributed by atoms with Crippen molar-refractivity contribution in [1.82, 2.24) is 0 Å². The van der Waals surface area contributed by atoms with Crippen molar-refractivity contribution in [3.63, 3.8) is 0 Å². The number of methoxy groups -OCH3 is 1. The Balaban J connectivity index is 2.02. The van der Waals surface area contributed by atoms with E-state index < -0.39 is 23.4 Å². The lowest BCUT2D eigenvalue weighted by atomic mass is 10.1. The maximum absolute atomic E-state index is 12.0. The van der Waals surface area contributed by atoms with Gasteiger partial charge in [0.15, 0.2) is 12.4 Å². The van der Waals surface area contributed by atoms with Crippen molar-refractivity contribution in [3.8, 4) is 5.75 Å². The standard InChI is InChI=1S/C18H18N2O6/c1-11-4-6-13(7-5-11)18(22)26-10-17(21)19-14-9-16(25-3)15(20(23)24)8-12(14)2/h4-9H,10H2,1-3H3,(H,19,21). The third kappa shape index (κ3) is 4.56. The number of nitro groups is 1. The quantitative estimate of drug-likeness (QED) is 0.483. The molecular weight excluding hydrogens is 340 g/mol. The summed E-state index contributed by atoms with van der Waals surface area (Å²) in [6.45, 7) is 3.02. The Morgan fingerprint density at radius 2 is 1.81 bits per heavy atom. The summed E-state index contributed by atoms with van der Waals surface area (Å²) >= 11 is 0. The number of nitro benzene ring substituents is 1. The molecule has 0 heterocycles. The Kier molecular flexibility index (Phi) is 5.90. The third-order valence-corrected chi connectivity index (χ3v) is 3.62. The van der Waals surface area contributed by atoms with Gasteiger partial charge >= 0.3 is 11.7 Å². The van der Waals surface area contributed by atoms with E-state index >= 15 is 0 Å². The predicted molar refractivity (Wildman–Crippen MR) is 94.5 cm³/mol. The molecule has 136 valence electrons. The van der Waals surface area contributed by atoms with Gasteiger partial charge < -0.3 is 14.8 Å². The van der Waals surface area contributed by atoms with Gasteiger partial charge in [0.05, 0.1) is 17.6 Å². The summed E-state index contributed by atoms with van der Waals surface area (Å²) in [5.41, 5.74) is 1.96. The van der Waals surface area contributed by atoms with E-state index in [-0.39, 0.29) is 11.4 Å². The van der Waals surface area contributed by atoms with E-state index in [0.717, 1.165) is 5.56 Å². The zero-order chi connectivity index (χ0) is 19.3. The Hall–Kier alpha value is -3.42. The molecule has 0 unspecified atom stereocenters. The van der Waals surface area contributed by atoms with Gasteiger partial charge in [0.1, 0.15) is 0 Å². The monoisotopic (exact) mass is 358 g/mol. The first-order valence-electron chi connectivity index (χ1n) is 7.68. The van der Waals surface area contributed by atoms with E-state index in [0.29, 0.717) is 16.8 Å². The largest absolute Gasteiger partial charge is 0.490 e. The van der Waals surface area contributed by atoms with Gasteiger partial charge in [-0.1, -0.05) is 17.7 Å². The smallest absolute Gasteiger partial charge is 0.338 e. The van der Waals surface area contributed by atoms with E-state index in [2.05, 4.69) is 5.32 Å². The van der Waals surface area contributed by atoms with Crippen molar-refractivity contribution in [2.24, 2.45) is 0 Å². The van der Waals surface area contributed by atoms with Crippen LogP contribution in [-0.4, -0.2) is 30.5 Å². The van der Waals surface area contributed by atoms with Crippen LogP contribution in [0.25, 0.3) is 0 Å². The molecule has 0 aliphatic heterocycles. The highest BCUT2D eigenvalue weighted by Crippen LogP contribution is 2.32. The molecule has 1 amide bonds. The Bertz CT molecular complexity index is 846. The fourth-order valence-corrected chi connectivity index (χ4v) is 2.20. The second kappa shape index (κ2) is 8.11. The molecule has 0 radical (unpaired) electrons. The van der Waals surface area contributed by atoms with Crippen LogP contribution < -0.4 is 10.1 Å². The van der Waals surface area contributed by atoms with Crippen LogP contribution in [0.1, 0.15) is 21.5 Å². The molecule has 0 saturated heterocycles. The number of anilines is 1. The van der Waals surface area contributed by atoms with Crippen molar-refractivity contribution in [2.45, 2.75) is 13.8 Å². The molecule has 0 bridgehead atoms. The van der Waals surface area contributed by atoms with Crippen molar-refractivity contribution in [2.75, 3.05) is 19.0 Å². The molecule has 2 rings (SSSR count). The van der Waals surface area contributed by atoms with Gasteiger partial charge in [-0.15, -0.1) is 0 Å². The first-order valence-corrected chi connectivity index (χ1v) is 7.68. The number of nitrogens with one attached hydrogen (secondary N) is 1. The van der Waals surface area contributed by atoms with Gasteiger partial charge in [0.25, 0.3) is 5.91 Å². The first-order chi connectivity index (χ1) is 12.3. The molecule has 0 aliphatic carbocycles. The van der Waals surface area contributed by atoms with Crippen molar-refractivity contribution in [3.05, 3.63) is 63.2 Å². The van der Waals surface area contributed by atoms with Crippen LogP contribution in [0.5, 0.6) is 5.75 Å². The zero-order valence-corrected chi connectivity index (χ0v) is 14.6. The number of hydrogen-bond donors (Lipinski definition) is 1. The minimum Gasteiger partial charge on any atom is -0.490 e. The summed E-state index contributed by atoms with van der Waals surface area (Å²) in [4.78, 5) is 34.3. The molecular formula is C18H18N2O6. The average Bonchev–Trinajstić information content (AvgIpc) is 2.61. The van der Waals surface area contributed by atoms with Crippen LogP contribution in [0.15, 0.2) is 36.4 Å². The van der Waals surface area contributed by atoms with E-state index in [1.807, 2.05) is 6.92 Å². The number of ether oxygens (including phenoxy) is 2. The molecule has 2 aromatic rings. The highest BCUT2D eigenvalue weighted by Gasteiger charge is 2.19. The van der Waals surface area contributed by atoms with E-state index in [1.54, 1.807) is 31.2 Å². The summed E-state index contributed by atoms with van der Waals surface area (Å²) < 4.78 is 9.94. The lowest BCUT2D eigenvalue weighted by Crippen LogP contribution is -2.21. The molecule has 0 aromatic heterocycles. The SMILES string of the molecule is COc1cc(NC(=O)COC(=O)c2ccc(C)cc2)c(C)cc1[N+](=O)[O-]. The second-order valence-corrected chi connectivity index (χ2v) is 5.59. The highest BCUT2D eigenvalue weighted by atomic mass is 16.6.